The SMILES string of the molecule is [B]C12CC(/C=C\C)=C(C=C)N1c1ccccc1C(C)C2c1ccc(OC)cc1. The Bertz CT molecular complexity index is 959. The summed E-state index contributed by atoms with van der Waals surface area (Å²) in [5, 5.41) is 0. The summed E-state index contributed by atoms with van der Waals surface area (Å²) in [5.74, 6) is 1.30. The molecule has 2 radical (unpaired) electrons. The van der Waals surface area contributed by atoms with Crippen LogP contribution < -0.4 is 9.64 Å². The predicted octanol–water partition coefficient (Wildman–Crippen LogP) is 5.69. The molecule has 2 nitrogen and oxygen atoms in total. The first-order valence-electron chi connectivity index (χ1n) is 9.85. The van der Waals surface area contributed by atoms with Crippen molar-refractivity contribution in [2.45, 2.75) is 37.5 Å². The zero-order valence-corrected chi connectivity index (χ0v) is 16.9. The van der Waals surface area contributed by atoms with Crippen molar-refractivity contribution in [1.82, 2.24) is 0 Å². The standard InChI is InChI=1S/C25H26BNO/c1-5-9-19-16-25(26)24(18-12-14-20(28-4)15-13-18)17(3)21-10-7-8-11-23(21)27(25)22(19)6-2/h5-15,17,24H,2,16H2,1,3-4H3/b9-5-. The van der Waals surface area contributed by atoms with Crippen LogP contribution in [-0.2, 0) is 0 Å². The number of nitrogens with zero attached hydrogens (tertiary/aromatic N) is 1. The highest BCUT2D eigenvalue weighted by Gasteiger charge is 2.52. The molecule has 2 heterocycles. The summed E-state index contributed by atoms with van der Waals surface area (Å²) in [6.45, 7) is 8.44. The van der Waals surface area contributed by atoms with Crippen LogP contribution in [0, 0.1) is 0 Å². The molecule has 2 aromatic rings. The van der Waals surface area contributed by atoms with Gasteiger partial charge in [-0.3, -0.25) is 0 Å². The molecule has 0 aliphatic carbocycles. The van der Waals surface area contributed by atoms with Crippen molar-refractivity contribution >= 4 is 13.5 Å². The Balaban J connectivity index is 1.93. The lowest BCUT2D eigenvalue weighted by molar-refractivity contribution is 0.400. The Morgan fingerprint density at radius 3 is 2.54 bits per heavy atom. The summed E-state index contributed by atoms with van der Waals surface area (Å²) < 4.78 is 5.36. The topological polar surface area (TPSA) is 12.5 Å². The maximum absolute atomic E-state index is 7.27. The molecular weight excluding hydrogens is 341 g/mol. The van der Waals surface area contributed by atoms with Gasteiger partial charge in [-0.1, -0.05) is 56.0 Å². The van der Waals surface area contributed by atoms with Gasteiger partial charge in [0, 0.05) is 22.7 Å². The second-order valence-electron chi connectivity index (χ2n) is 7.72. The van der Waals surface area contributed by atoms with E-state index in [0.29, 0.717) is 5.92 Å². The third-order valence-corrected chi connectivity index (χ3v) is 6.20. The highest BCUT2D eigenvalue weighted by atomic mass is 16.5. The molecular formula is C25H26BNO. The molecule has 0 N–H and O–H groups in total. The van der Waals surface area contributed by atoms with E-state index in [2.05, 4.69) is 67.0 Å². The smallest absolute Gasteiger partial charge is 0.118 e. The first kappa shape index (κ1) is 18.7. The number of allylic oxidation sites excluding steroid dienone is 3. The van der Waals surface area contributed by atoms with Crippen LogP contribution in [-0.4, -0.2) is 20.4 Å². The van der Waals surface area contributed by atoms with Crippen molar-refractivity contribution < 1.29 is 4.74 Å². The number of ether oxygens (including phenoxy) is 1. The molecule has 4 rings (SSSR count). The maximum Gasteiger partial charge on any atom is 0.118 e. The average Bonchev–Trinajstić information content (AvgIpc) is 3.00. The lowest BCUT2D eigenvalue weighted by Gasteiger charge is -2.52. The summed E-state index contributed by atoms with van der Waals surface area (Å²) in [6.07, 6.45) is 6.98. The van der Waals surface area contributed by atoms with Crippen molar-refractivity contribution in [3.63, 3.8) is 0 Å². The minimum atomic E-state index is -0.541. The highest BCUT2D eigenvalue weighted by Crippen LogP contribution is 2.57. The first-order valence-corrected chi connectivity index (χ1v) is 9.85. The van der Waals surface area contributed by atoms with Gasteiger partial charge in [0.15, 0.2) is 0 Å². The van der Waals surface area contributed by atoms with E-state index in [1.165, 1.54) is 22.4 Å². The Kier molecular flexibility index (Phi) is 4.70. The number of fused-ring (bicyclic) bond motifs is 3. The molecule has 0 amide bonds. The van der Waals surface area contributed by atoms with Crippen LogP contribution in [0.2, 0.25) is 0 Å². The van der Waals surface area contributed by atoms with Crippen LogP contribution in [0.25, 0.3) is 0 Å². The minimum Gasteiger partial charge on any atom is -0.497 e. The molecule has 0 aromatic heterocycles. The molecule has 0 spiro atoms. The lowest BCUT2D eigenvalue weighted by atomic mass is 9.56. The zero-order chi connectivity index (χ0) is 19.9. The van der Waals surface area contributed by atoms with E-state index in [0.717, 1.165) is 17.9 Å². The maximum atomic E-state index is 7.27. The van der Waals surface area contributed by atoms with Crippen molar-refractivity contribution in [1.29, 1.82) is 0 Å². The Hall–Kier alpha value is -2.68. The molecule has 3 unspecified atom stereocenters. The van der Waals surface area contributed by atoms with Crippen LogP contribution in [0.3, 0.4) is 0 Å². The van der Waals surface area contributed by atoms with Crippen LogP contribution in [0.5, 0.6) is 5.75 Å². The van der Waals surface area contributed by atoms with Crippen molar-refractivity contribution in [2.24, 2.45) is 0 Å². The molecule has 28 heavy (non-hydrogen) atoms. The number of hydrogen-bond acceptors (Lipinski definition) is 2. The third-order valence-electron chi connectivity index (χ3n) is 6.20. The number of rotatable bonds is 4. The van der Waals surface area contributed by atoms with Gasteiger partial charge in [0.05, 0.1) is 7.11 Å². The fourth-order valence-electron chi connectivity index (χ4n) is 5.09. The molecule has 2 aromatic carbocycles. The van der Waals surface area contributed by atoms with Gasteiger partial charge in [-0.2, -0.15) is 0 Å². The van der Waals surface area contributed by atoms with E-state index in [4.69, 9.17) is 12.6 Å². The number of benzene rings is 2. The van der Waals surface area contributed by atoms with Gasteiger partial charge in [-0.05, 0) is 60.2 Å². The molecule has 0 fully saturated rings. The van der Waals surface area contributed by atoms with E-state index < -0.39 is 5.44 Å². The van der Waals surface area contributed by atoms with Crippen molar-refractivity contribution in [3.8, 4) is 5.75 Å². The summed E-state index contributed by atoms with van der Waals surface area (Å²) in [6, 6.07) is 17.0. The second kappa shape index (κ2) is 7.05. The van der Waals surface area contributed by atoms with Crippen LogP contribution in [0.4, 0.5) is 5.69 Å². The van der Waals surface area contributed by atoms with Gasteiger partial charge in [0.1, 0.15) is 13.6 Å². The number of methoxy groups -OCH3 is 1. The van der Waals surface area contributed by atoms with Crippen LogP contribution >= 0.6 is 0 Å². The normalized spacial score (nSPS) is 26.3. The number of anilines is 1. The van der Waals surface area contributed by atoms with Crippen molar-refractivity contribution in [2.75, 3.05) is 12.0 Å². The quantitative estimate of drug-likeness (QED) is 0.644. The Morgan fingerprint density at radius 1 is 1.18 bits per heavy atom. The average molecular weight is 367 g/mol. The van der Waals surface area contributed by atoms with Gasteiger partial charge < -0.3 is 9.64 Å². The highest BCUT2D eigenvalue weighted by molar-refractivity contribution is 6.20. The fraction of sp³-hybridized carbons (Fsp3) is 0.280. The zero-order valence-electron chi connectivity index (χ0n) is 16.9. The number of para-hydroxylation sites is 1. The largest absolute Gasteiger partial charge is 0.497 e. The van der Waals surface area contributed by atoms with E-state index in [-0.39, 0.29) is 5.92 Å². The van der Waals surface area contributed by atoms with Gasteiger partial charge in [0.25, 0.3) is 0 Å². The van der Waals surface area contributed by atoms with E-state index in [1.807, 2.05) is 25.1 Å². The monoisotopic (exact) mass is 367 g/mol. The summed E-state index contributed by atoms with van der Waals surface area (Å²) in [4.78, 5) is 2.32. The van der Waals surface area contributed by atoms with Crippen LogP contribution in [0.15, 0.2) is 84.6 Å². The Morgan fingerprint density at radius 2 is 1.89 bits per heavy atom. The second-order valence-corrected chi connectivity index (χ2v) is 7.72. The summed E-state index contributed by atoms with van der Waals surface area (Å²) in [7, 11) is 8.97. The lowest BCUT2D eigenvalue weighted by Crippen LogP contribution is -2.54. The van der Waals surface area contributed by atoms with E-state index in [9.17, 15) is 0 Å². The third kappa shape index (κ3) is 2.64. The molecule has 2 aliphatic rings. The van der Waals surface area contributed by atoms with Gasteiger partial charge in [0.2, 0.25) is 0 Å². The molecule has 2 aliphatic heterocycles. The van der Waals surface area contributed by atoms with Gasteiger partial charge in [-0.15, -0.1) is 0 Å². The molecule has 3 heteroatoms. The Labute approximate surface area is 169 Å². The molecule has 0 bridgehead atoms. The molecule has 0 saturated carbocycles. The van der Waals surface area contributed by atoms with Gasteiger partial charge >= 0.3 is 0 Å². The predicted molar refractivity (Wildman–Crippen MR) is 118 cm³/mol. The first-order chi connectivity index (χ1) is 13.5. The number of hydrogen-bond donors (Lipinski definition) is 0. The van der Waals surface area contributed by atoms with Crippen LogP contribution in [0.1, 0.15) is 43.2 Å². The van der Waals surface area contributed by atoms with Gasteiger partial charge in [-0.25, -0.2) is 0 Å². The molecule has 140 valence electrons. The fourth-order valence-corrected chi connectivity index (χ4v) is 5.09. The summed E-state index contributed by atoms with van der Waals surface area (Å²) >= 11 is 0. The minimum absolute atomic E-state index is 0.144. The van der Waals surface area contributed by atoms with E-state index in [1.54, 1.807) is 7.11 Å². The molecule has 3 atom stereocenters. The molecule has 0 saturated heterocycles. The summed E-state index contributed by atoms with van der Waals surface area (Å²) in [5.41, 5.74) is 5.56. The van der Waals surface area contributed by atoms with Crippen molar-refractivity contribution in [3.05, 3.63) is 95.7 Å². The van der Waals surface area contributed by atoms with E-state index >= 15 is 0 Å².